The lowest BCUT2D eigenvalue weighted by molar-refractivity contribution is 0.0678. The smallest absolute Gasteiger partial charge is 0.335 e. The number of aromatic nitrogens is 2. The van der Waals surface area contributed by atoms with Gasteiger partial charge in [-0.2, -0.15) is 13.1 Å². The summed E-state index contributed by atoms with van der Waals surface area (Å²) in [4.78, 5) is 22.5. The van der Waals surface area contributed by atoms with E-state index in [2.05, 4.69) is 61.5 Å². The minimum Gasteiger partial charge on any atom is -0.410 e. The molecule has 0 bridgehead atoms. The average Bonchev–Trinajstić information content (AvgIpc) is 3.56. The van der Waals surface area contributed by atoms with Crippen molar-refractivity contribution in [1.29, 1.82) is 0 Å². The van der Waals surface area contributed by atoms with Gasteiger partial charge in [0.15, 0.2) is 0 Å². The molecule has 10 nitrogen and oxygen atoms in total. The predicted molar refractivity (Wildman–Crippen MR) is 186 cm³/mol. The molecule has 0 saturated heterocycles. The largest absolute Gasteiger partial charge is 0.410 e. The van der Waals surface area contributed by atoms with E-state index in [9.17, 15) is 18.3 Å². The number of anilines is 1. The summed E-state index contributed by atoms with van der Waals surface area (Å²) in [5.41, 5.74) is 2.00. The highest BCUT2D eigenvalue weighted by Crippen LogP contribution is 2.45. The van der Waals surface area contributed by atoms with Gasteiger partial charge in [-0.25, -0.2) is 9.97 Å². The van der Waals surface area contributed by atoms with Crippen LogP contribution in [0.5, 0.6) is 0 Å². The van der Waals surface area contributed by atoms with Gasteiger partial charge in [0.2, 0.25) is 14.1 Å². The molecule has 0 unspecified atom stereocenters. The van der Waals surface area contributed by atoms with E-state index in [-0.39, 0.29) is 38.3 Å². The molecule has 15 heteroatoms. The fourth-order valence-corrected chi connectivity index (χ4v) is 14.3. The second-order valence-corrected chi connectivity index (χ2v) is 21.5. The van der Waals surface area contributed by atoms with Gasteiger partial charge in [-0.1, -0.05) is 76.9 Å². The molecule has 0 aliphatic heterocycles. The Labute approximate surface area is 286 Å². The van der Waals surface area contributed by atoms with E-state index in [4.69, 9.17) is 31.8 Å². The van der Waals surface area contributed by atoms with Crippen molar-refractivity contribution < 1.29 is 26.9 Å². The van der Waals surface area contributed by atoms with E-state index in [0.717, 1.165) is 11.3 Å². The van der Waals surface area contributed by atoms with E-state index in [1.165, 1.54) is 19.6 Å². The van der Waals surface area contributed by atoms with E-state index >= 15 is 0 Å². The van der Waals surface area contributed by atoms with E-state index in [0.29, 0.717) is 39.7 Å². The van der Waals surface area contributed by atoms with Crippen LogP contribution in [-0.2, 0) is 18.9 Å². The Kier molecular flexibility index (Phi) is 12.1. The van der Waals surface area contributed by atoms with Crippen LogP contribution in [-0.4, -0.2) is 62.9 Å². The number of carbonyl (C=O) groups is 1. The molecule has 2 heterocycles. The predicted octanol–water partition coefficient (Wildman–Crippen LogP) is 7.14. The molecule has 252 valence electrons. The number of ketones is 1. The highest BCUT2D eigenvalue weighted by molar-refractivity contribution is 7.84. The Bertz CT molecular complexity index is 1620. The third-order valence-corrected chi connectivity index (χ3v) is 17.5. The average molecular weight is 730 g/mol. The summed E-state index contributed by atoms with van der Waals surface area (Å²) in [7, 11) is -5.09. The maximum Gasteiger partial charge on any atom is 0.335 e. The summed E-state index contributed by atoms with van der Waals surface area (Å²) in [6.45, 7) is 13.0. The topological polar surface area (TPSA) is 140 Å². The summed E-state index contributed by atoms with van der Waals surface area (Å²) in [5.74, 6) is -0.0795. The molecule has 3 N–H and O–H groups in total. The van der Waals surface area contributed by atoms with Crippen molar-refractivity contribution in [3.63, 3.8) is 0 Å². The minimum absolute atomic E-state index is 0.212. The highest BCUT2D eigenvalue weighted by Gasteiger charge is 2.50. The Morgan fingerprint density at radius 3 is 2.33 bits per heavy atom. The first-order valence-electron chi connectivity index (χ1n) is 15.2. The van der Waals surface area contributed by atoms with Gasteiger partial charge >= 0.3 is 10.3 Å². The number of thiophene rings is 1. The van der Waals surface area contributed by atoms with Gasteiger partial charge in [-0.05, 0) is 53.2 Å². The van der Waals surface area contributed by atoms with Gasteiger partial charge in [0.25, 0.3) is 0 Å². The number of rotatable bonds is 14. The molecule has 0 spiro atoms. The zero-order chi connectivity index (χ0) is 34.0. The van der Waals surface area contributed by atoms with Gasteiger partial charge in [-0.3, -0.25) is 8.98 Å². The van der Waals surface area contributed by atoms with Crippen LogP contribution < -0.4 is 10.0 Å². The van der Waals surface area contributed by atoms with Gasteiger partial charge in [0.1, 0.15) is 24.4 Å². The SMILES string of the molecule is CNS(=O)(=O)O[C@@H]1C[C@H](Nc2ncncc2C(=O)c2cc([C@H](O)c3cccc(Cl)c3)c(Cl)s2)C[C@@H]1O[Si](C(C)C)(C(C)C)C(C)C. The quantitative estimate of drug-likeness (QED) is 0.117. The molecular weight excluding hydrogens is 687 g/mol. The van der Waals surface area contributed by atoms with Crippen LogP contribution in [0.25, 0.3) is 0 Å². The van der Waals surface area contributed by atoms with Crippen LogP contribution in [0.4, 0.5) is 5.82 Å². The van der Waals surface area contributed by atoms with Crippen LogP contribution in [0.15, 0.2) is 42.9 Å². The first-order valence-corrected chi connectivity index (χ1v) is 20.3. The normalized spacial score (nSPS) is 19.7. The Morgan fingerprint density at radius 1 is 1.07 bits per heavy atom. The van der Waals surface area contributed by atoms with Gasteiger partial charge < -0.3 is 14.8 Å². The maximum atomic E-state index is 13.8. The molecule has 1 fully saturated rings. The summed E-state index contributed by atoms with van der Waals surface area (Å²) >= 11 is 13.7. The van der Waals surface area contributed by atoms with Crippen LogP contribution in [0.1, 0.15) is 86.9 Å². The zero-order valence-electron chi connectivity index (χ0n) is 27.0. The number of hydrogen-bond donors (Lipinski definition) is 3. The molecule has 2 aromatic heterocycles. The number of carbonyl (C=O) groups excluding carboxylic acids is 1. The van der Waals surface area contributed by atoms with Crippen LogP contribution in [0.2, 0.25) is 26.0 Å². The molecule has 0 amide bonds. The third kappa shape index (κ3) is 8.01. The number of nitrogens with one attached hydrogen (secondary N) is 2. The fraction of sp³-hybridized carbons (Fsp3) is 0.516. The Hall–Kier alpha value is -1.94. The van der Waals surface area contributed by atoms with E-state index in [1.807, 2.05) is 0 Å². The van der Waals surface area contributed by atoms with E-state index < -0.39 is 36.9 Å². The van der Waals surface area contributed by atoms with Crippen molar-refractivity contribution >= 4 is 64.8 Å². The van der Waals surface area contributed by atoms with Crippen molar-refractivity contribution in [2.24, 2.45) is 0 Å². The molecular formula is C31H42Cl2N4O6S2Si. The maximum absolute atomic E-state index is 13.8. The first-order chi connectivity index (χ1) is 21.6. The highest BCUT2D eigenvalue weighted by atomic mass is 35.5. The van der Waals surface area contributed by atoms with Crippen LogP contribution >= 0.6 is 34.5 Å². The number of benzene rings is 1. The summed E-state index contributed by atoms with van der Waals surface area (Å²) < 4.78 is 40.2. The van der Waals surface area contributed by atoms with Crippen molar-refractivity contribution in [2.45, 2.75) is 95.4 Å². The summed E-state index contributed by atoms with van der Waals surface area (Å²) in [6.07, 6.45) is 1.21. The third-order valence-electron chi connectivity index (χ3n) is 8.70. The van der Waals surface area contributed by atoms with Crippen molar-refractivity contribution in [3.8, 4) is 0 Å². The zero-order valence-corrected chi connectivity index (χ0v) is 31.1. The number of aliphatic hydroxyl groups excluding tert-OH is 1. The monoisotopic (exact) mass is 728 g/mol. The van der Waals surface area contributed by atoms with Crippen LogP contribution in [0.3, 0.4) is 0 Å². The molecule has 4 rings (SSSR count). The van der Waals surface area contributed by atoms with Crippen molar-refractivity contribution in [2.75, 3.05) is 12.4 Å². The second kappa shape index (κ2) is 15.1. The fourth-order valence-electron chi connectivity index (χ4n) is 6.66. The lowest BCUT2D eigenvalue weighted by atomic mass is 10.0. The van der Waals surface area contributed by atoms with Gasteiger partial charge in [-0.15, -0.1) is 11.3 Å². The Balaban J connectivity index is 1.61. The number of hydrogen-bond acceptors (Lipinski definition) is 10. The number of nitrogens with zero attached hydrogens (tertiary/aromatic N) is 2. The molecule has 1 aliphatic carbocycles. The molecule has 46 heavy (non-hydrogen) atoms. The summed E-state index contributed by atoms with van der Waals surface area (Å²) in [5, 5.41) is 14.8. The van der Waals surface area contributed by atoms with Gasteiger partial charge in [0.05, 0.1) is 20.9 Å². The number of aliphatic hydroxyl groups is 1. The standard InChI is InChI=1S/C31H42Cl2N4O6S2Si/c1-17(2)46(18(3)4,19(5)6)43-26-13-22(12-25(26)42-45(40,41)34-7)37-31-24(15-35-16-36-31)29(39)27-14-23(30(33)44-27)28(38)20-9-8-10-21(32)11-20/h8-11,14-19,22,25-26,28,34,38H,12-13H2,1-7H3,(H,35,36,37)/t22-,25+,26-,28+/m0/s1. The molecule has 1 saturated carbocycles. The number of halogens is 2. The molecule has 3 aromatic rings. The van der Waals surface area contributed by atoms with Gasteiger partial charge in [0, 0.05) is 29.9 Å². The first kappa shape index (κ1) is 36.9. The molecule has 1 aromatic carbocycles. The lowest BCUT2D eigenvalue weighted by Gasteiger charge is -2.44. The second-order valence-electron chi connectivity index (χ2n) is 12.5. The Morgan fingerprint density at radius 2 is 1.72 bits per heavy atom. The van der Waals surface area contributed by atoms with Crippen molar-refractivity contribution in [1.82, 2.24) is 14.7 Å². The van der Waals surface area contributed by atoms with E-state index in [1.54, 1.807) is 30.3 Å². The molecule has 4 atom stereocenters. The molecule has 1 aliphatic rings. The lowest BCUT2D eigenvalue weighted by Crippen LogP contribution is -2.52. The summed E-state index contributed by atoms with van der Waals surface area (Å²) in [6, 6.07) is 8.06. The van der Waals surface area contributed by atoms with Crippen LogP contribution in [0, 0.1) is 0 Å². The van der Waals surface area contributed by atoms with Crippen molar-refractivity contribution in [3.05, 3.63) is 73.8 Å². The molecule has 0 radical (unpaired) electrons. The minimum atomic E-state index is -4.00.